The maximum atomic E-state index is 10.8. The first-order valence-corrected chi connectivity index (χ1v) is 2.95. The molecule has 1 amide bonds. The highest BCUT2D eigenvalue weighted by molar-refractivity contribution is 5.92. The third-order valence-corrected chi connectivity index (χ3v) is 1.27. The molecule has 1 aromatic heterocycles. The number of nitrogen functional groups attached to an aromatic ring is 1. The van der Waals surface area contributed by atoms with Crippen LogP contribution in [0, 0.1) is 6.92 Å². The standard InChI is InChI=1S/C5H8N4O2/c1-2-3(4(10)9-6)8-5(11)7-2/h6H2,1H3,(H,9,10)(H2,7,8,11). The topological polar surface area (TPSA) is 104 Å². The minimum Gasteiger partial charge on any atom is -0.309 e. The molecule has 1 rings (SSSR count). The van der Waals surface area contributed by atoms with Gasteiger partial charge in [-0.2, -0.15) is 0 Å². The van der Waals surface area contributed by atoms with E-state index in [0.29, 0.717) is 5.69 Å². The van der Waals surface area contributed by atoms with Crippen LogP contribution in [0.3, 0.4) is 0 Å². The largest absolute Gasteiger partial charge is 0.323 e. The molecule has 11 heavy (non-hydrogen) atoms. The molecule has 0 aromatic carbocycles. The third kappa shape index (κ3) is 1.30. The fourth-order valence-corrected chi connectivity index (χ4v) is 0.771. The van der Waals surface area contributed by atoms with Gasteiger partial charge in [-0.3, -0.25) is 10.2 Å². The molecule has 1 heterocycles. The Balaban J connectivity index is 3.13. The average Bonchev–Trinajstić information content (AvgIpc) is 2.28. The molecule has 0 radical (unpaired) electrons. The summed E-state index contributed by atoms with van der Waals surface area (Å²) in [6, 6.07) is 0. The second-order valence-electron chi connectivity index (χ2n) is 2.05. The number of hydrogen-bond acceptors (Lipinski definition) is 3. The van der Waals surface area contributed by atoms with Gasteiger partial charge in [-0.05, 0) is 6.92 Å². The SMILES string of the molecule is Cc1[nH]c(=O)[nH]c1C(=O)NN. The smallest absolute Gasteiger partial charge is 0.309 e. The van der Waals surface area contributed by atoms with Gasteiger partial charge in [0.25, 0.3) is 5.91 Å². The normalized spacial score (nSPS) is 9.64. The molecule has 0 aliphatic carbocycles. The number of aryl methyl sites for hydroxylation is 1. The molecular weight excluding hydrogens is 148 g/mol. The van der Waals surface area contributed by atoms with Crippen molar-refractivity contribution in [1.82, 2.24) is 15.4 Å². The Kier molecular flexibility index (Phi) is 1.77. The molecule has 0 saturated carbocycles. The predicted molar refractivity (Wildman–Crippen MR) is 37.8 cm³/mol. The zero-order chi connectivity index (χ0) is 8.43. The highest BCUT2D eigenvalue weighted by atomic mass is 16.2. The maximum Gasteiger partial charge on any atom is 0.323 e. The fourth-order valence-electron chi connectivity index (χ4n) is 0.771. The van der Waals surface area contributed by atoms with E-state index >= 15 is 0 Å². The van der Waals surface area contributed by atoms with Crippen molar-refractivity contribution in [2.45, 2.75) is 6.92 Å². The lowest BCUT2D eigenvalue weighted by molar-refractivity contribution is 0.0948. The van der Waals surface area contributed by atoms with Crippen LogP contribution in [-0.4, -0.2) is 15.9 Å². The summed E-state index contributed by atoms with van der Waals surface area (Å²) >= 11 is 0. The van der Waals surface area contributed by atoms with E-state index in [1.165, 1.54) is 0 Å². The van der Waals surface area contributed by atoms with Crippen molar-refractivity contribution in [3.05, 3.63) is 21.9 Å². The Hall–Kier alpha value is -1.56. The lowest BCUT2D eigenvalue weighted by Crippen LogP contribution is -2.31. The van der Waals surface area contributed by atoms with Crippen LogP contribution in [-0.2, 0) is 0 Å². The van der Waals surface area contributed by atoms with Gasteiger partial charge < -0.3 is 9.97 Å². The molecule has 6 heteroatoms. The molecule has 1 aromatic rings. The lowest BCUT2D eigenvalue weighted by atomic mass is 10.3. The minimum atomic E-state index is -0.513. The van der Waals surface area contributed by atoms with Gasteiger partial charge >= 0.3 is 5.69 Å². The van der Waals surface area contributed by atoms with Gasteiger partial charge in [0.2, 0.25) is 0 Å². The molecule has 0 spiro atoms. The van der Waals surface area contributed by atoms with Gasteiger partial charge in [-0.25, -0.2) is 10.6 Å². The van der Waals surface area contributed by atoms with Crippen LogP contribution >= 0.6 is 0 Å². The molecule has 0 aliphatic heterocycles. The molecule has 0 saturated heterocycles. The van der Waals surface area contributed by atoms with Gasteiger partial charge in [0.05, 0.1) is 0 Å². The number of H-pyrrole nitrogens is 2. The van der Waals surface area contributed by atoms with Crippen LogP contribution in [0.25, 0.3) is 0 Å². The second kappa shape index (κ2) is 2.59. The summed E-state index contributed by atoms with van der Waals surface area (Å²) in [5.74, 6) is 4.33. The molecule has 0 bridgehead atoms. The summed E-state index contributed by atoms with van der Waals surface area (Å²) in [5, 5.41) is 0. The first-order chi connectivity index (χ1) is 5.15. The van der Waals surface area contributed by atoms with E-state index in [-0.39, 0.29) is 5.69 Å². The Morgan fingerprint density at radius 1 is 1.55 bits per heavy atom. The summed E-state index contributed by atoms with van der Waals surface area (Å²) in [6.07, 6.45) is 0. The number of aromatic amines is 2. The lowest BCUT2D eigenvalue weighted by Gasteiger charge is -1.94. The van der Waals surface area contributed by atoms with Gasteiger partial charge in [0.1, 0.15) is 5.69 Å². The number of carbonyl (C=O) groups excluding carboxylic acids is 1. The Morgan fingerprint density at radius 2 is 2.18 bits per heavy atom. The number of nitrogens with one attached hydrogen (secondary N) is 3. The molecular formula is C5H8N4O2. The maximum absolute atomic E-state index is 10.8. The third-order valence-electron chi connectivity index (χ3n) is 1.27. The predicted octanol–water partition coefficient (Wildman–Crippen LogP) is -1.39. The molecule has 60 valence electrons. The van der Waals surface area contributed by atoms with Crippen LogP contribution in [0.5, 0.6) is 0 Å². The summed E-state index contributed by atoms with van der Waals surface area (Å²) in [7, 11) is 0. The van der Waals surface area contributed by atoms with Crippen LogP contribution in [0.2, 0.25) is 0 Å². The quantitative estimate of drug-likeness (QED) is 0.229. The number of rotatable bonds is 1. The second-order valence-corrected chi connectivity index (χ2v) is 2.05. The van der Waals surface area contributed by atoms with Gasteiger partial charge in [-0.1, -0.05) is 0 Å². The molecule has 0 aliphatic rings. The molecule has 0 atom stereocenters. The number of aromatic nitrogens is 2. The van der Waals surface area contributed by atoms with Crippen LogP contribution < -0.4 is 17.0 Å². The van der Waals surface area contributed by atoms with E-state index in [2.05, 4.69) is 9.97 Å². The van der Waals surface area contributed by atoms with E-state index in [4.69, 9.17) is 5.84 Å². The molecule has 6 nitrogen and oxygen atoms in total. The molecule has 5 N–H and O–H groups in total. The number of hydrazine groups is 1. The number of hydrogen-bond donors (Lipinski definition) is 4. The van der Waals surface area contributed by atoms with E-state index in [1.807, 2.05) is 5.43 Å². The zero-order valence-electron chi connectivity index (χ0n) is 5.89. The highest BCUT2D eigenvalue weighted by Gasteiger charge is 2.09. The fraction of sp³-hybridized carbons (Fsp3) is 0.200. The monoisotopic (exact) mass is 156 g/mol. The summed E-state index contributed by atoms with van der Waals surface area (Å²) in [4.78, 5) is 26.1. The van der Waals surface area contributed by atoms with Crippen molar-refractivity contribution < 1.29 is 4.79 Å². The van der Waals surface area contributed by atoms with E-state index in [0.717, 1.165) is 0 Å². The highest BCUT2D eigenvalue weighted by Crippen LogP contribution is 1.95. The number of amides is 1. The van der Waals surface area contributed by atoms with Crippen molar-refractivity contribution in [2.24, 2.45) is 5.84 Å². The minimum absolute atomic E-state index is 0.164. The number of nitrogens with two attached hydrogens (primary N) is 1. The first-order valence-electron chi connectivity index (χ1n) is 2.95. The van der Waals surface area contributed by atoms with Crippen LogP contribution in [0.1, 0.15) is 16.2 Å². The van der Waals surface area contributed by atoms with Gasteiger partial charge in [0.15, 0.2) is 0 Å². The van der Waals surface area contributed by atoms with Crippen molar-refractivity contribution >= 4 is 5.91 Å². The van der Waals surface area contributed by atoms with Crippen LogP contribution in [0.4, 0.5) is 0 Å². The van der Waals surface area contributed by atoms with Crippen molar-refractivity contribution in [2.75, 3.05) is 0 Å². The van der Waals surface area contributed by atoms with Gasteiger partial charge in [-0.15, -0.1) is 0 Å². The van der Waals surface area contributed by atoms with Gasteiger partial charge in [0, 0.05) is 5.69 Å². The number of carbonyl (C=O) groups is 1. The average molecular weight is 156 g/mol. The van der Waals surface area contributed by atoms with Crippen molar-refractivity contribution in [3.8, 4) is 0 Å². The van der Waals surface area contributed by atoms with E-state index < -0.39 is 11.6 Å². The zero-order valence-corrected chi connectivity index (χ0v) is 5.89. The molecule has 0 unspecified atom stereocenters. The Labute approximate surface area is 61.8 Å². The first kappa shape index (κ1) is 7.55. The van der Waals surface area contributed by atoms with Crippen LogP contribution in [0.15, 0.2) is 4.79 Å². The van der Waals surface area contributed by atoms with Crippen molar-refractivity contribution in [1.29, 1.82) is 0 Å². The van der Waals surface area contributed by atoms with E-state index in [1.54, 1.807) is 6.92 Å². The Bertz CT molecular complexity index is 323. The Morgan fingerprint density at radius 3 is 2.55 bits per heavy atom. The van der Waals surface area contributed by atoms with Crippen molar-refractivity contribution in [3.63, 3.8) is 0 Å². The molecule has 0 fully saturated rings. The summed E-state index contributed by atoms with van der Waals surface area (Å²) in [5.41, 5.74) is 2.13. The summed E-state index contributed by atoms with van der Waals surface area (Å²) < 4.78 is 0. The van der Waals surface area contributed by atoms with E-state index in [9.17, 15) is 9.59 Å². The number of imidazole rings is 1. The summed E-state index contributed by atoms with van der Waals surface area (Å²) in [6.45, 7) is 1.60.